The Kier molecular flexibility index (Phi) is 6.24. The van der Waals surface area contributed by atoms with Crippen molar-refractivity contribution in [2.24, 2.45) is 11.7 Å². The number of nitrogens with two attached hydrogens (primary N) is 1. The van der Waals surface area contributed by atoms with E-state index in [-0.39, 0.29) is 5.91 Å². The van der Waals surface area contributed by atoms with Crippen LogP contribution < -0.4 is 11.1 Å². The molecule has 1 aromatic heterocycles. The van der Waals surface area contributed by atoms with Gasteiger partial charge < -0.3 is 16.0 Å². The molecule has 0 radical (unpaired) electrons. The first-order valence-electron chi connectivity index (χ1n) is 7.48. The normalized spacial score (nSPS) is 16.3. The molecule has 1 unspecified atom stereocenters. The zero-order valence-electron chi connectivity index (χ0n) is 12.5. The highest BCUT2D eigenvalue weighted by atomic mass is 32.1. The maximum absolute atomic E-state index is 12.1. The summed E-state index contributed by atoms with van der Waals surface area (Å²) in [5, 5.41) is 3.01. The van der Waals surface area contributed by atoms with E-state index in [0.29, 0.717) is 17.3 Å². The van der Waals surface area contributed by atoms with Gasteiger partial charge in [0.2, 0.25) is 0 Å². The Balaban J connectivity index is 1.76. The van der Waals surface area contributed by atoms with E-state index in [1.54, 1.807) is 0 Å². The molecule has 1 fully saturated rings. The van der Waals surface area contributed by atoms with E-state index in [1.165, 1.54) is 37.3 Å². The number of hydrogen-bond acceptors (Lipinski definition) is 4. The molecule has 0 aliphatic carbocycles. The number of nitrogens with one attached hydrogen (secondary N) is 1. The minimum absolute atomic E-state index is 0.00549. The summed E-state index contributed by atoms with van der Waals surface area (Å²) in [6.45, 7) is 6.71. The van der Waals surface area contributed by atoms with E-state index in [0.717, 1.165) is 18.0 Å². The summed E-state index contributed by atoms with van der Waals surface area (Å²) in [4.78, 5) is 16.2. The number of nitrogens with zero attached hydrogens (tertiary/aromatic N) is 1. The Labute approximate surface area is 130 Å². The monoisotopic (exact) mass is 305 g/mol. The van der Waals surface area contributed by atoms with Gasteiger partial charge >= 0.3 is 0 Å². The SMILES string of the molecule is CC(CNC(=O)c1ccc(C#CCN)s1)CN1CCCC1. The number of amides is 1. The summed E-state index contributed by atoms with van der Waals surface area (Å²) in [5.74, 6) is 6.22. The Bertz CT molecular complexity index is 523. The molecule has 21 heavy (non-hydrogen) atoms. The van der Waals surface area contributed by atoms with Crippen molar-refractivity contribution in [1.29, 1.82) is 0 Å². The van der Waals surface area contributed by atoms with Crippen molar-refractivity contribution in [2.45, 2.75) is 19.8 Å². The number of hydrogen-bond donors (Lipinski definition) is 2. The zero-order valence-corrected chi connectivity index (χ0v) is 13.3. The average molecular weight is 305 g/mol. The van der Waals surface area contributed by atoms with Gasteiger partial charge in [-0.05, 0) is 44.0 Å². The number of rotatable bonds is 5. The van der Waals surface area contributed by atoms with Gasteiger partial charge in [0.15, 0.2) is 0 Å². The number of likely N-dealkylation sites (tertiary alicyclic amines) is 1. The topological polar surface area (TPSA) is 58.4 Å². The molecule has 5 heteroatoms. The Hall–Kier alpha value is -1.35. The molecule has 0 saturated carbocycles. The van der Waals surface area contributed by atoms with Gasteiger partial charge in [-0.3, -0.25) is 4.79 Å². The molecule has 4 nitrogen and oxygen atoms in total. The smallest absolute Gasteiger partial charge is 0.261 e. The molecule has 2 heterocycles. The lowest BCUT2D eigenvalue weighted by Gasteiger charge is -2.20. The van der Waals surface area contributed by atoms with Crippen LogP contribution in [0.25, 0.3) is 0 Å². The van der Waals surface area contributed by atoms with Crippen LogP contribution >= 0.6 is 11.3 Å². The zero-order chi connectivity index (χ0) is 15.1. The highest BCUT2D eigenvalue weighted by Gasteiger charge is 2.15. The number of thiophene rings is 1. The lowest BCUT2D eigenvalue weighted by Crippen LogP contribution is -2.34. The van der Waals surface area contributed by atoms with Crippen LogP contribution in [-0.2, 0) is 0 Å². The first kappa shape index (κ1) is 16.0. The highest BCUT2D eigenvalue weighted by molar-refractivity contribution is 7.14. The molecule has 0 spiro atoms. The maximum atomic E-state index is 12.1. The van der Waals surface area contributed by atoms with Crippen LogP contribution in [0.2, 0.25) is 0 Å². The first-order chi connectivity index (χ1) is 10.2. The second kappa shape index (κ2) is 8.18. The van der Waals surface area contributed by atoms with E-state index in [1.807, 2.05) is 12.1 Å². The molecule has 1 amide bonds. The molecule has 1 atom stereocenters. The van der Waals surface area contributed by atoms with Crippen molar-refractivity contribution in [1.82, 2.24) is 10.2 Å². The quantitative estimate of drug-likeness (QED) is 0.811. The largest absolute Gasteiger partial charge is 0.351 e. The van der Waals surface area contributed by atoms with Crippen molar-refractivity contribution >= 4 is 17.2 Å². The fourth-order valence-electron chi connectivity index (χ4n) is 2.49. The van der Waals surface area contributed by atoms with Crippen LogP contribution in [0.1, 0.15) is 34.3 Å². The minimum atomic E-state index is -0.00549. The molecular formula is C16H23N3OS. The minimum Gasteiger partial charge on any atom is -0.351 e. The summed E-state index contributed by atoms with van der Waals surface area (Å²) >= 11 is 1.41. The predicted molar refractivity (Wildman–Crippen MR) is 87.4 cm³/mol. The summed E-state index contributed by atoms with van der Waals surface area (Å²) < 4.78 is 0. The van der Waals surface area contributed by atoms with Crippen molar-refractivity contribution in [3.05, 3.63) is 21.9 Å². The summed E-state index contributed by atoms with van der Waals surface area (Å²) in [6.07, 6.45) is 2.61. The van der Waals surface area contributed by atoms with Gasteiger partial charge in [0.05, 0.1) is 16.3 Å². The van der Waals surface area contributed by atoms with Crippen molar-refractivity contribution < 1.29 is 4.79 Å². The third-order valence-corrected chi connectivity index (χ3v) is 4.52. The molecule has 2 rings (SSSR count). The van der Waals surface area contributed by atoms with E-state index in [4.69, 9.17) is 5.73 Å². The molecule has 1 saturated heterocycles. The summed E-state index contributed by atoms with van der Waals surface area (Å²) in [6, 6.07) is 3.70. The Morgan fingerprint density at radius 2 is 2.24 bits per heavy atom. The Morgan fingerprint density at radius 1 is 1.48 bits per heavy atom. The summed E-state index contributed by atoms with van der Waals surface area (Å²) in [7, 11) is 0. The molecule has 3 N–H and O–H groups in total. The van der Waals surface area contributed by atoms with Crippen LogP contribution in [0.3, 0.4) is 0 Å². The average Bonchev–Trinajstić information content (AvgIpc) is 3.14. The molecule has 0 bridgehead atoms. The lowest BCUT2D eigenvalue weighted by atomic mass is 10.1. The fourth-order valence-corrected chi connectivity index (χ4v) is 3.29. The van der Waals surface area contributed by atoms with E-state index < -0.39 is 0 Å². The van der Waals surface area contributed by atoms with E-state index in [9.17, 15) is 4.79 Å². The first-order valence-corrected chi connectivity index (χ1v) is 8.30. The van der Waals surface area contributed by atoms with Crippen molar-refractivity contribution in [2.75, 3.05) is 32.7 Å². The Morgan fingerprint density at radius 3 is 2.95 bits per heavy atom. The molecule has 0 aromatic carbocycles. The lowest BCUT2D eigenvalue weighted by molar-refractivity contribution is 0.0949. The van der Waals surface area contributed by atoms with Crippen LogP contribution in [-0.4, -0.2) is 43.5 Å². The van der Waals surface area contributed by atoms with Gasteiger partial charge in [0.1, 0.15) is 0 Å². The van der Waals surface area contributed by atoms with Gasteiger partial charge in [0, 0.05) is 13.1 Å². The molecule has 114 valence electrons. The second-order valence-electron chi connectivity index (χ2n) is 5.49. The molecule has 1 aromatic rings. The second-order valence-corrected chi connectivity index (χ2v) is 6.58. The standard InChI is InChI=1S/C16H23N3OS/c1-13(12-19-9-2-3-10-19)11-18-16(20)15-7-6-14(21-15)5-4-8-17/h6-7,13H,2-3,8-12,17H2,1H3,(H,18,20). The number of carbonyl (C=O) groups excluding carboxylic acids is 1. The molecule has 1 aliphatic rings. The third-order valence-electron chi connectivity index (χ3n) is 3.52. The van der Waals surface area contributed by atoms with E-state index >= 15 is 0 Å². The predicted octanol–water partition coefficient (Wildman–Crippen LogP) is 1.52. The summed E-state index contributed by atoms with van der Waals surface area (Å²) in [5.41, 5.74) is 5.34. The fraction of sp³-hybridized carbons (Fsp3) is 0.562. The van der Waals surface area contributed by atoms with Crippen LogP contribution in [0.15, 0.2) is 12.1 Å². The van der Waals surface area contributed by atoms with Crippen LogP contribution in [0, 0.1) is 17.8 Å². The van der Waals surface area contributed by atoms with E-state index in [2.05, 4.69) is 29.0 Å². The number of carbonyl (C=O) groups is 1. The van der Waals surface area contributed by atoms with Gasteiger partial charge in [-0.25, -0.2) is 0 Å². The van der Waals surface area contributed by atoms with Crippen LogP contribution in [0.5, 0.6) is 0 Å². The molecule has 1 aliphatic heterocycles. The molecular weight excluding hydrogens is 282 g/mol. The van der Waals surface area contributed by atoms with Crippen molar-refractivity contribution in [3.63, 3.8) is 0 Å². The highest BCUT2D eigenvalue weighted by Crippen LogP contribution is 2.15. The third kappa shape index (κ3) is 5.16. The van der Waals surface area contributed by atoms with Gasteiger partial charge in [-0.1, -0.05) is 18.8 Å². The van der Waals surface area contributed by atoms with Gasteiger partial charge in [-0.15, -0.1) is 11.3 Å². The van der Waals surface area contributed by atoms with Gasteiger partial charge in [-0.2, -0.15) is 0 Å². The maximum Gasteiger partial charge on any atom is 0.261 e. The van der Waals surface area contributed by atoms with Gasteiger partial charge in [0.25, 0.3) is 5.91 Å². The van der Waals surface area contributed by atoms with Crippen molar-refractivity contribution in [3.8, 4) is 11.8 Å². The van der Waals surface area contributed by atoms with Crippen LogP contribution in [0.4, 0.5) is 0 Å².